The highest BCUT2D eigenvalue weighted by atomic mass is 16.5. The van der Waals surface area contributed by atoms with Crippen molar-refractivity contribution in [2.45, 2.75) is 13.0 Å². The number of H-pyrrole nitrogens is 1. The van der Waals surface area contributed by atoms with Gasteiger partial charge < -0.3 is 20.8 Å². The molecule has 0 aliphatic rings. The van der Waals surface area contributed by atoms with E-state index in [0.29, 0.717) is 12.4 Å². The minimum Gasteiger partial charge on any atom is -0.391 e. The van der Waals surface area contributed by atoms with Crippen molar-refractivity contribution >= 4 is 11.5 Å². The molecule has 0 aromatic carbocycles. The molecule has 1 aromatic rings. The summed E-state index contributed by atoms with van der Waals surface area (Å²) in [7, 11) is 1.60. The number of nitrogens with two attached hydrogens (primary N) is 1. The summed E-state index contributed by atoms with van der Waals surface area (Å²) in [6.07, 6.45) is 1.31. The summed E-state index contributed by atoms with van der Waals surface area (Å²) < 4.78 is 4.93. The minimum absolute atomic E-state index is 0.0524. The van der Waals surface area contributed by atoms with E-state index in [4.69, 9.17) is 10.5 Å². The van der Waals surface area contributed by atoms with Crippen LogP contribution in [0.3, 0.4) is 0 Å². The Balaban J connectivity index is 2.76. The number of nitrogens with one attached hydrogen (secondary N) is 2. The molecule has 0 radical (unpaired) electrons. The molecule has 1 heterocycles. The van der Waals surface area contributed by atoms with Crippen molar-refractivity contribution in [3.63, 3.8) is 0 Å². The third-order valence-corrected chi connectivity index (χ3v) is 1.69. The van der Waals surface area contributed by atoms with Gasteiger partial charge in [-0.25, -0.2) is 4.98 Å². The number of nitrogen functional groups attached to an aromatic ring is 1. The van der Waals surface area contributed by atoms with Gasteiger partial charge in [0.05, 0.1) is 12.9 Å². The van der Waals surface area contributed by atoms with E-state index in [1.54, 1.807) is 7.11 Å². The Morgan fingerprint density at radius 3 is 3.14 bits per heavy atom. The van der Waals surface area contributed by atoms with E-state index in [-0.39, 0.29) is 17.3 Å². The number of aromatic nitrogens is 2. The van der Waals surface area contributed by atoms with Crippen LogP contribution in [0.5, 0.6) is 0 Å². The SMILES string of the molecule is COCC(C)Nc1nc[nH]c(=O)c1N. The van der Waals surface area contributed by atoms with E-state index in [1.807, 2.05) is 6.92 Å². The second kappa shape index (κ2) is 4.61. The van der Waals surface area contributed by atoms with E-state index in [9.17, 15) is 4.79 Å². The van der Waals surface area contributed by atoms with Crippen LogP contribution in [-0.2, 0) is 4.74 Å². The van der Waals surface area contributed by atoms with Gasteiger partial charge in [-0.2, -0.15) is 0 Å². The standard InChI is InChI=1S/C8H14N4O2/c1-5(3-14-2)12-7-6(9)8(13)11-4-10-7/h4-5H,3,9H2,1-2H3,(H2,10,11,12,13). The molecule has 0 amide bonds. The fraction of sp³-hybridized carbons (Fsp3) is 0.500. The molecular formula is C8H14N4O2. The minimum atomic E-state index is -0.341. The number of rotatable bonds is 4. The molecule has 6 nitrogen and oxygen atoms in total. The van der Waals surface area contributed by atoms with Crippen LogP contribution in [0.4, 0.5) is 11.5 Å². The highest BCUT2D eigenvalue weighted by molar-refractivity contribution is 5.59. The molecular weight excluding hydrogens is 184 g/mol. The first-order chi connectivity index (χ1) is 6.65. The first-order valence-corrected chi connectivity index (χ1v) is 4.23. The van der Waals surface area contributed by atoms with E-state index in [2.05, 4.69) is 15.3 Å². The number of ether oxygens (including phenoxy) is 1. The van der Waals surface area contributed by atoms with Crippen molar-refractivity contribution in [1.82, 2.24) is 9.97 Å². The molecule has 6 heteroatoms. The van der Waals surface area contributed by atoms with E-state index in [1.165, 1.54) is 6.33 Å². The van der Waals surface area contributed by atoms with E-state index < -0.39 is 0 Å². The molecule has 78 valence electrons. The van der Waals surface area contributed by atoms with Gasteiger partial charge in [0, 0.05) is 13.2 Å². The van der Waals surface area contributed by atoms with E-state index in [0.717, 1.165) is 0 Å². The summed E-state index contributed by atoms with van der Waals surface area (Å²) >= 11 is 0. The molecule has 1 atom stereocenters. The first kappa shape index (κ1) is 10.5. The predicted octanol–water partition coefficient (Wildman–Crippen LogP) is -0.201. The summed E-state index contributed by atoms with van der Waals surface area (Å²) in [4.78, 5) is 17.4. The second-order valence-electron chi connectivity index (χ2n) is 2.99. The lowest BCUT2D eigenvalue weighted by Crippen LogP contribution is -2.24. The van der Waals surface area contributed by atoms with Crippen LogP contribution in [0.1, 0.15) is 6.92 Å². The Kier molecular flexibility index (Phi) is 3.47. The summed E-state index contributed by atoms with van der Waals surface area (Å²) in [6.45, 7) is 2.43. The topological polar surface area (TPSA) is 93.0 Å². The summed E-state index contributed by atoms with van der Waals surface area (Å²) in [6, 6.07) is 0.0524. The number of hydrogen-bond donors (Lipinski definition) is 3. The summed E-state index contributed by atoms with van der Waals surface area (Å²) in [5.74, 6) is 0.387. The Hall–Kier alpha value is -1.56. The number of nitrogens with zero attached hydrogens (tertiary/aromatic N) is 1. The quantitative estimate of drug-likeness (QED) is 0.623. The maximum absolute atomic E-state index is 11.1. The maximum atomic E-state index is 11.1. The third kappa shape index (κ3) is 2.46. The van der Waals surface area contributed by atoms with Crippen LogP contribution in [-0.4, -0.2) is 29.7 Å². The van der Waals surface area contributed by atoms with Crippen LogP contribution in [0.2, 0.25) is 0 Å². The number of anilines is 2. The largest absolute Gasteiger partial charge is 0.391 e. The average Bonchev–Trinajstić information content (AvgIpc) is 2.13. The fourth-order valence-corrected chi connectivity index (χ4v) is 1.05. The van der Waals surface area contributed by atoms with Gasteiger partial charge in [-0.3, -0.25) is 4.79 Å². The van der Waals surface area contributed by atoms with Crippen molar-refractivity contribution in [3.8, 4) is 0 Å². The molecule has 1 rings (SSSR count). The molecule has 0 aliphatic heterocycles. The Morgan fingerprint density at radius 1 is 1.79 bits per heavy atom. The molecule has 1 unspecified atom stereocenters. The smallest absolute Gasteiger partial charge is 0.276 e. The molecule has 4 N–H and O–H groups in total. The van der Waals surface area contributed by atoms with Gasteiger partial charge in [0.2, 0.25) is 0 Å². The van der Waals surface area contributed by atoms with Crippen molar-refractivity contribution < 1.29 is 4.74 Å². The normalized spacial score (nSPS) is 12.4. The molecule has 0 saturated carbocycles. The maximum Gasteiger partial charge on any atom is 0.276 e. The number of aromatic amines is 1. The molecule has 0 aliphatic carbocycles. The lowest BCUT2D eigenvalue weighted by Gasteiger charge is -2.13. The first-order valence-electron chi connectivity index (χ1n) is 4.23. The van der Waals surface area contributed by atoms with Gasteiger partial charge in [-0.1, -0.05) is 0 Å². The zero-order chi connectivity index (χ0) is 10.6. The summed E-state index contributed by atoms with van der Waals surface area (Å²) in [5.41, 5.74) is 5.27. The van der Waals surface area contributed by atoms with Crippen LogP contribution < -0.4 is 16.6 Å². The molecule has 0 fully saturated rings. The molecule has 0 bridgehead atoms. The average molecular weight is 198 g/mol. The van der Waals surface area contributed by atoms with Gasteiger partial charge in [-0.05, 0) is 6.92 Å². The lowest BCUT2D eigenvalue weighted by atomic mass is 10.3. The fourth-order valence-electron chi connectivity index (χ4n) is 1.05. The lowest BCUT2D eigenvalue weighted by molar-refractivity contribution is 0.190. The van der Waals surface area contributed by atoms with Crippen LogP contribution in [0.15, 0.2) is 11.1 Å². The van der Waals surface area contributed by atoms with Crippen LogP contribution in [0, 0.1) is 0 Å². The second-order valence-corrected chi connectivity index (χ2v) is 2.99. The number of hydrogen-bond acceptors (Lipinski definition) is 5. The highest BCUT2D eigenvalue weighted by Gasteiger charge is 2.07. The van der Waals surface area contributed by atoms with Gasteiger partial charge in [0.15, 0.2) is 5.82 Å². The zero-order valence-corrected chi connectivity index (χ0v) is 8.20. The highest BCUT2D eigenvalue weighted by Crippen LogP contribution is 2.08. The van der Waals surface area contributed by atoms with Gasteiger partial charge in [0.25, 0.3) is 5.56 Å². The Bertz CT molecular complexity index is 349. The van der Waals surface area contributed by atoms with Gasteiger partial charge in [-0.15, -0.1) is 0 Å². The van der Waals surface area contributed by atoms with Gasteiger partial charge >= 0.3 is 0 Å². The monoisotopic (exact) mass is 198 g/mol. The van der Waals surface area contributed by atoms with Crippen LogP contribution in [0.25, 0.3) is 0 Å². The molecule has 14 heavy (non-hydrogen) atoms. The van der Waals surface area contributed by atoms with Crippen molar-refractivity contribution in [2.75, 3.05) is 24.8 Å². The Morgan fingerprint density at radius 2 is 2.50 bits per heavy atom. The van der Waals surface area contributed by atoms with Crippen LogP contribution >= 0.6 is 0 Å². The third-order valence-electron chi connectivity index (χ3n) is 1.69. The predicted molar refractivity (Wildman–Crippen MR) is 54.2 cm³/mol. The molecule has 0 saturated heterocycles. The summed E-state index contributed by atoms with van der Waals surface area (Å²) in [5, 5.41) is 2.97. The van der Waals surface area contributed by atoms with Gasteiger partial charge in [0.1, 0.15) is 5.69 Å². The number of methoxy groups -OCH3 is 1. The van der Waals surface area contributed by atoms with Crippen molar-refractivity contribution in [3.05, 3.63) is 16.7 Å². The Labute approximate surface area is 81.5 Å². The zero-order valence-electron chi connectivity index (χ0n) is 8.20. The molecule has 0 spiro atoms. The van der Waals surface area contributed by atoms with E-state index >= 15 is 0 Å². The van der Waals surface area contributed by atoms with Crippen molar-refractivity contribution in [2.24, 2.45) is 0 Å². The molecule has 1 aromatic heterocycles. The van der Waals surface area contributed by atoms with Crippen molar-refractivity contribution in [1.29, 1.82) is 0 Å².